The van der Waals surface area contributed by atoms with Crippen molar-refractivity contribution in [2.24, 2.45) is 9.98 Å². The van der Waals surface area contributed by atoms with Crippen LogP contribution in [-0.2, 0) is 22.4 Å². The molecule has 0 aromatic carbocycles. The standard InChI is InChI=1S/C21H41N3O4S9/c1-2-4-22-15-36(27)13-11-32-20-34-18-30-9-10-35-21(26)24-6-8-29-17-33-19-31-12-14-37(28)16-23-5-3-7-25/h15-16,25H,2-14,17-20H2,1H3,(H,24,26)/b22-15+,23-16-. The minimum Gasteiger partial charge on any atom is -0.611 e. The Balaban J connectivity index is 3.31. The molecule has 2 atom stereocenters. The highest BCUT2D eigenvalue weighted by molar-refractivity contribution is 8.23. The first-order chi connectivity index (χ1) is 18.1. The van der Waals surface area contributed by atoms with E-state index < -0.39 is 22.4 Å². The molecule has 0 aliphatic heterocycles. The largest absolute Gasteiger partial charge is 0.611 e. The lowest BCUT2D eigenvalue weighted by Gasteiger charge is -2.06. The smallest absolute Gasteiger partial charge is 0.279 e. The van der Waals surface area contributed by atoms with Gasteiger partial charge in [0, 0.05) is 75.3 Å². The summed E-state index contributed by atoms with van der Waals surface area (Å²) in [5, 5.41) is 15.6. The monoisotopic (exact) mass is 687 g/mol. The van der Waals surface area contributed by atoms with Crippen LogP contribution >= 0.6 is 82.3 Å². The van der Waals surface area contributed by atoms with Crippen molar-refractivity contribution in [3.63, 3.8) is 0 Å². The number of aliphatic imine (C=N–C) groups is 2. The lowest BCUT2D eigenvalue weighted by atomic mass is 10.5. The fourth-order valence-corrected chi connectivity index (χ4v) is 12.0. The van der Waals surface area contributed by atoms with Crippen molar-refractivity contribution in [3.8, 4) is 0 Å². The zero-order valence-corrected chi connectivity index (χ0v) is 28.8. The first-order valence-electron chi connectivity index (χ1n) is 11.8. The van der Waals surface area contributed by atoms with Crippen LogP contribution < -0.4 is 5.32 Å². The van der Waals surface area contributed by atoms with Crippen LogP contribution in [0.3, 0.4) is 0 Å². The van der Waals surface area contributed by atoms with Gasteiger partial charge in [0.2, 0.25) is 11.1 Å². The van der Waals surface area contributed by atoms with Gasteiger partial charge in [-0.05, 0) is 35.2 Å². The maximum Gasteiger partial charge on any atom is 0.279 e. The molecule has 0 fully saturated rings. The molecule has 7 nitrogen and oxygen atoms in total. The van der Waals surface area contributed by atoms with Crippen LogP contribution in [0.25, 0.3) is 0 Å². The molecule has 0 saturated carbocycles. The highest BCUT2D eigenvalue weighted by atomic mass is 32.2. The number of rotatable bonds is 27. The molecule has 2 unspecified atom stereocenters. The van der Waals surface area contributed by atoms with E-state index in [1.54, 1.807) is 17.3 Å². The van der Waals surface area contributed by atoms with E-state index in [1.807, 2.05) is 58.8 Å². The summed E-state index contributed by atoms with van der Waals surface area (Å²) in [5.41, 5.74) is 3.07. The Kier molecular flexibility index (Phi) is 34.0. The number of aliphatic hydroxyl groups is 1. The summed E-state index contributed by atoms with van der Waals surface area (Å²) in [6.07, 6.45) is 1.60. The molecule has 0 aromatic heterocycles. The van der Waals surface area contributed by atoms with Gasteiger partial charge in [-0.3, -0.25) is 4.79 Å². The van der Waals surface area contributed by atoms with Gasteiger partial charge < -0.3 is 19.5 Å². The predicted octanol–water partition coefficient (Wildman–Crippen LogP) is 5.00. The second kappa shape index (κ2) is 32.4. The maximum atomic E-state index is 11.9. The van der Waals surface area contributed by atoms with Crippen molar-refractivity contribution in [2.75, 3.05) is 86.9 Å². The number of hydrogen-bond donors (Lipinski definition) is 2. The second-order valence-corrected chi connectivity index (χ2v) is 18.5. The number of nitrogens with one attached hydrogen (secondary N) is 1. The summed E-state index contributed by atoms with van der Waals surface area (Å²) in [4.78, 5) is 20.0. The Labute approximate surface area is 259 Å². The third-order valence-electron chi connectivity index (χ3n) is 3.68. The molecule has 0 saturated heterocycles. The van der Waals surface area contributed by atoms with Crippen LogP contribution in [0.2, 0.25) is 0 Å². The molecule has 16 heteroatoms. The van der Waals surface area contributed by atoms with Gasteiger partial charge in [0.1, 0.15) is 11.5 Å². The minimum absolute atomic E-state index is 0.0518. The molecular formula is C21H41N3O4S9. The summed E-state index contributed by atoms with van der Waals surface area (Å²) >= 11 is 10.4. The maximum absolute atomic E-state index is 11.9. The highest BCUT2D eigenvalue weighted by Gasteiger charge is 2.04. The van der Waals surface area contributed by atoms with Crippen molar-refractivity contribution < 1.29 is 19.0 Å². The fraction of sp³-hybridized carbons (Fsp3) is 0.857. The third kappa shape index (κ3) is 32.2. The molecule has 0 rings (SSSR count). The van der Waals surface area contributed by atoms with Gasteiger partial charge in [-0.25, -0.2) is 9.98 Å². The predicted molar refractivity (Wildman–Crippen MR) is 185 cm³/mol. The Hall–Kier alpha value is 1.84. The average molecular weight is 688 g/mol. The van der Waals surface area contributed by atoms with Crippen molar-refractivity contribution in [1.29, 1.82) is 0 Å². The van der Waals surface area contributed by atoms with E-state index in [-0.39, 0.29) is 11.8 Å². The van der Waals surface area contributed by atoms with Crippen LogP contribution in [0.1, 0.15) is 19.8 Å². The van der Waals surface area contributed by atoms with Gasteiger partial charge in [0.25, 0.3) is 5.24 Å². The molecule has 0 spiro atoms. The van der Waals surface area contributed by atoms with Crippen LogP contribution in [0.15, 0.2) is 9.98 Å². The molecule has 0 aliphatic rings. The zero-order valence-electron chi connectivity index (χ0n) is 21.4. The highest BCUT2D eigenvalue weighted by Crippen LogP contribution is 2.19. The SMILES string of the molecule is CCC/N=C/[S+]([O-])CCSCSCSCCSC(=O)NCCSCSCSCC[S+]([O-])/C=N\CCCO. The molecule has 0 aromatic rings. The first-order valence-corrected chi connectivity index (χ1v) is 22.5. The second-order valence-electron chi connectivity index (χ2n) is 6.85. The third-order valence-corrected chi connectivity index (χ3v) is 14.6. The Morgan fingerprint density at radius 2 is 1.35 bits per heavy atom. The van der Waals surface area contributed by atoms with E-state index >= 15 is 0 Å². The number of nitrogens with zero attached hydrogens (tertiary/aromatic N) is 2. The lowest BCUT2D eigenvalue weighted by molar-refractivity contribution is 0.261. The molecular weight excluding hydrogens is 647 g/mol. The number of carbonyl (C=O) groups excluding carboxylic acids is 1. The summed E-state index contributed by atoms with van der Waals surface area (Å²) in [5.74, 6) is 5.70. The van der Waals surface area contributed by atoms with Crippen LogP contribution in [0.5, 0.6) is 0 Å². The van der Waals surface area contributed by atoms with E-state index in [1.165, 1.54) is 17.3 Å². The van der Waals surface area contributed by atoms with Gasteiger partial charge in [-0.1, -0.05) is 18.7 Å². The van der Waals surface area contributed by atoms with Crippen molar-refractivity contribution >= 4 is 121 Å². The molecule has 0 bridgehead atoms. The van der Waals surface area contributed by atoms with E-state index in [4.69, 9.17) is 5.11 Å². The Bertz CT molecular complexity index is 569. The summed E-state index contributed by atoms with van der Waals surface area (Å²) in [7, 11) is 0. The topological polar surface area (TPSA) is 120 Å². The number of carbonyl (C=O) groups is 1. The van der Waals surface area contributed by atoms with Crippen molar-refractivity contribution in [1.82, 2.24) is 5.32 Å². The van der Waals surface area contributed by atoms with E-state index in [2.05, 4.69) is 22.2 Å². The number of aliphatic hydroxyl groups excluding tert-OH is 1. The quantitative estimate of drug-likeness (QED) is 0.0399. The Morgan fingerprint density at radius 1 is 0.811 bits per heavy atom. The van der Waals surface area contributed by atoms with Crippen molar-refractivity contribution in [3.05, 3.63) is 0 Å². The first kappa shape index (κ1) is 38.8. The average Bonchev–Trinajstić information content (AvgIpc) is 2.89. The van der Waals surface area contributed by atoms with Gasteiger partial charge in [-0.15, -0.1) is 58.8 Å². The van der Waals surface area contributed by atoms with Crippen LogP contribution in [0, 0.1) is 0 Å². The molecule has 1 amide bonds. The fourth-order valence-electron chi connectivity index (χ4n) is 1.96. The van der Waals surface area contributed by atoms with Crippen molar-refractivity contribution in [2.45, 2.75) is 19.8 Å². The van der Waals surface area contributed by atoms with Gasteiger partial charge in [-0.2, -0.15) is 11.8 Å². The lowest BCUT2D eigenvalue weighted by Crippen LogP contribution is -2.22. The summed E-state index contributed by atoms with van der Waals surface area (Å²) in [6, 6.07) is 0. The van der Waals surface area contributed by atoms with E-state index in [0.717, 1.165) is 62.1 Å². The summed E-state index contributed by atoms with van der Waals surface area (Å²) in [6.45, 7) is 4.14. The molecule has 37 heavy (non-hydrogen) atoms. The van der Waals surface area contributed by atoms with Crippen LogP contribution in [0.4, 0.5) is 4.79 Å². The Morgan fingerprint density at radius 3 is 1.92 bits per heavy atom. The van der Waals surface area contributed by atoms with E-state index in [9.17, 15) is 13.9 Å². The summed E-state index contributed by atoms with van der Waals surface area (Å²) < 4.78 is 23.4. The van der Waals surface area contributed by atoms with Gasteiger partial charge in [0.15, 0.2) is 0 Å². The normalized spacial score (nSPS) is 13.5. The number of amides is 1. The number of thioether (sulfide) groups is 7. The molecule has 0 heterocycles. The van der Waals surface area contributed by atoms with E-state index in [0.29, 0.717) is 31.0 Å². The molecule has 0 radical (unpaired) electrons. The molecule has 0 aliphatic carbocycles. The van der Waals surface area contributed by atoms with Crippen LogP contribution in [-0.4, -0.2) is 117 Å². The molecule has 2 N–H and O–H groups in total. The molecule has 218 valence electrons. The number of hydrogen-bond acceptors (Lipinski definition) is 13. The zero-order chi connectivity index (χ0) is 27.2. The van der Waals surface area contributed by atoms with Gasteiger partial charge >= 0.3 is 0 Å². The minimum atomic E-state index is -1.01. The van der Waals surface area contributed by atoms with Gasteiger partial charge in [0.05, 0.1) is 0 Å².